The summed E-state index contributed by atoms with van der Waals surface area (Å²) in [6, 6.07) is 2.93. The molecule has 10 heteroatoms. The molecule has 41 heavy (non-hydrogen) atoms. The molecule has 2 N–H and O–H groups in total. The first-order valence-corrected chi connectivity index (χ1v) is 15.0. The zero-order valence-corrected chi connectivity index (χ0v) is 25.0. The van der Waals surface area contributed by atoms with Crippen molar-refractivity contribution in [3.05, 3.63) is 46.5 Å². The number of carbonyl (C=O) groups excluding carboxylic acids is 1. The summed E-state index contributed by atoms with van der Waals surface area (Å²) in [5.74, 6) is -4.03. The predicted molar refractivity (Wildman–Crippen MR) is 154 cm³/mol. The van der Waals surface area contributed by atoms with Gasteiger partial charge in [-0.2, -0.15) is 0 Å². The summed E-state index contributed by atoms with van der Waals surface area (Å²) in [7, 11) is 1.95. The second-order valence-electron chi connectivity index (χ2n) is 12.0. The topological polar surface area (TPSA) is 65.2 Å². The molecule has 0 bridgehead atoms. The van der Waals surface area contributed by atoms with E-state index in [0.717, 1.165) is 37.2 Å². The van der Waals surface area contributed by atoms with Gasteiger partial charge in [0.2, 0.25) is 5.91 Å². The zero-order chi connectivity index (χ0) is 30.1. The minimum Gasteiger partial charge on any atom is -0.357 e. The molecule has 1 fully saturated rings. The molecule has 1 aromatic rings. The largest absolute Gasteiger partial charge is 0.357 e. The number of amides is 1. The van der Waals surface area contributed by atoms with E-state index in [9.17, 15) is 13.6 Å². The average molecular weight is 580 g/mol. The first-order chi connectivity index (χ1) is 19.4. The summed E-state index contributed by atoms with van der Waals surface area (Å²) in [5.41, 5.74) is 6.27. The van der Waals surface area contributed by atoms with Gasteiger partial charge < -0.3 is 15.5 Å². The SMILES string of the molecule is CC1=NC2=C(C(C)C(=O)N2C(CF)CCCCCN2CCC(C(F)(F)c3cccc([C@@H](C)N)c3F)CC2)[C@@H](C)N1C. The third kappa shape index (κ3) is 6.19. The van der Waals surface area contributed by atoms with Gasteiger partial charge in [-0.3, -0.25) is 9.69 Å². The number of rotatable bonds is 11. The van der Waals surface area contributed by atoms with Gasteiger partial charge in [0.05, 0.1) is 23.6 Å². The lowest BCUT2D eigenvalue weighted by Gasteiger charge is -2.36. The van der Waals surface area contributed by atoms with Crippen molar-refractivity contribution in [3.8, 4) is 0 Å². The van der Waals surface area contributed by atoms with Crippen molar-refractivity contribution in [3.63, 3.8) is 0 Å². The smallest absolute Gasteiger partial charge is 0.278 e. The number of aliphatic imine (C=N–C) groups is 1. The highest BCUT2D eigenvalue weighted by molar-refractivity contribution is 5.91. The van der Waals surface area contributed by atoms with E-state index in [2.05, 4.69) is 9.89 Å². The predicted octanol–water partition coefficient (Wildman–Crippen LogP) is 5.99. The van der Waals surface area contributed by atoms with Gasteiger partial charge in [-0.05, 0) is 73.0 Å². The van der Waals surface area contributed by atoms with Crippen molar-refractivity contribution in [1.82, 2.24) is 14.7 Å². The number of piperidine rings is 1. The fourth-order valence-corrected chi connectivity index (χ4v) is 6.59. The Labute approximate surface area is 241 Å². The number of benzene rings is 1. The van der Waals surface area contributed by atoms with Crippen LogP contribution >= 0.6 is 0 Å². The maximum absolute atomic E-state index is 15.3. The van der Waals surface area contributed by atoms with Crippen LogP contribution in [0, 0.1) is 17.7 Å². The molecule has 0 aliphatic carbocycles. The number of nitrogens with two attached hydrogens (primary N) is 1. The highest BCUT2D eigenvalue weighted by Crippen LogP contribution is 2.43. The van der Waals surface area contributed by atoms with Crippen LogP contribution in [0.5, 0.6) is 0 Å². The Morgan fingerprint density at radius 3 is 2.46 bits per heavy atom. The number of halogens is 4. The molecule has 2 unspecified atom stereocenters. The lowest BCUT2D eigenvalue weighted by atomic mass is 9.85. The van der Waals surface area contributed by atoms with E-state index in [0.29, 0.717) is 38.2 Å². The number of unbranched alkanes of at least 4 members (excludes halogenated alkanes) is 2. The van der Waals surface area contributed by atoms with Gasteiger partial charge in [-0.1, -0.05) is 31.0 Å². The quantitative estimate of drug-likeness (QED) is 0.258. The van der Waals surface area contributed by atoms with Gasteiger partial charge in [0, 0.05) is 30.1 Å². The van der Waals surface area contributed by atoms with E-state index in [1.165, 1.54) is 18.2 Å². The lowest BCUT2D eigenvalue weighted by Crippen LogP contribution is -2.41. The Morgan fingerprint density at radius 1 is 1.15 bits per heavy atom. The molecule has 3 heterocycles. The van der Waals surface area contributed by atoms with E-state index < -0.39 is 42.0 Å². The molecule has 0 spiro atoms. The first kappa shape index (κ1) is 31.5. The van der Waals surface area contributed by atoms with E-state index in [1.54, 1.807) is 11.8 Å². The Bertz CT molecular complexity index is 1160. The van der Waals surface area contributed by atoms with E-state index in [4.69, 9.17) is 5.73 Å². The van der Waals surface area contributed by atoms with Crippen molar-refractivity contribution >= 4 is 11.7 Å². The summed E-state index contributed by atoms with van der Waals surface area (Å²) in [6.07, 6.45) is 3.61. The lowest BCUT2D eigenvalue weighted by molar-refractivity contribution is -0.132. The van der Waals surface area contributed by atoms with Crippen molar-refractivity contribution in [2.45, 2.75) is 90.3 Å². The highest BCUT2D eigenvalue weighted by Gasteiger charge is 2.46. The van der Waals surface area contributed by atoms with Crippen molar-refractivity contribution < 1.29 is 22.4 Å². The van der Waals surface area contributed by atoms with Crippen LogP contribution < -0.4 is 5.73 Å². The second-order valence-corrected chi connectivity index (χ2v) is 12.0. The highest BCUT2D eigenvalue weighted by atomic mass is 19.3. The number of hydrogen-bond acceptors (Lipinski definition) is 5. The molecule has 0 aromatic heterocycles. The molecule has 228 valence electrons. The zero-order valence-electron chi connectivity index (χ0n) is 25.0. The van der Waals surface area contributed by atoms with Crippen LogP contribution in [-0.2, 0) is 10.7 Å². The van der Waals surface area contributed by atoms with Gasteiger partial charge >= 0.3 is 0 Å². The van der Waals surface area contributed by atoms with E-state index in [-0.39, 0.29) is 23.4 Å². The standard InChI is InChI=1S/C31H45F4N5O/c1-19-27-21(3)38(5)22(4)37-29(27)40(30(19)41)24(18-32)10-7-6-8-15-39-16-13-23(14-17-39)31(34,35)26-12-9-11-25(20(2)36)28(26)33/h9,11-12,19-21,23-24H,6-8,10,13-18,36H2,1-5H3/t19?,20-,21-,24?/m1/s1. The van der Waals surface area contributed by atoms with Crippen LogP contribution in [0.3, 0.4) is 0 Å². The van der Waals surface area contributed by atoms with Gasteiger partial charge in [-0.25, -0.2) is 22.6 Å². The normalized spacial score (nSPS) is 24.1. The number of amidine groups is 1. The third-order valence-electron chi connectivity index (χ3n) is 9.40. The number of likely N-dealkylation sites (N-methyl/N-ethyl adjacent to an activating group) is 1. The Hall–Kier alpha value is -2.46. The molecular formula is C31H45F4N5O. The fraction of sp³-hybridized carbons (Fsp3) is 0.677. The van der Waals surface area contributed by atoms with Gasteiger partial charge in [0.15, 0.2) is 0 Å². The van der Waals surface area contributed by atoms with Gasteiger partial charge in [0.25, 0.3) is 5.92 Å². The summed E-state index contributed by atoms with van der Waals surface area (Å²) in [6.45, 7) is 8.62. The molecule has 6 nitrogen and oxygen atoms in total. The fourth-order valence-electron chi connectivity index (χ4n) is 6.59. The van der Waals surface area contributed by atoms with Crippen LogP contribution in [0.15, 0.2) is 34.6 Å². The molecule has 4 atom stereocenters. The minimum atomic E-state index is -3.25. The summed E-state index contributed by atoms with van der Waals surface area (Å²) >= 11 is 0. The molecule has 4 rings (SSSR count). The third-order valence-corrected chi connectivity index (χ3v) is 9.40. The minimum absolute atomic E-state index is 0.0367. The van der Waals surface area contributed by atoms with Crippen molar-refractivity contribution in [2.75, 3.05) is 33.4 Å². The van der Waals surface area contributed by atoms with Crippen LogP contribution in [0.1, 0.15) is 83.4 Å². The Balaban J connectivity index is 1.25. The summed E-state index contributed by atoms with van der Waals surface area (Å²) in [4.78, 5) is 23.6. The van der Waals surface area contributed by atoms with E-state index >= 15 is 8.78 Å². The number of carbonyl (C=O) groups is 1. The molecule has 0 saturated carbocycles. The van der Waals surface area contributed by atoms with Crippen LogP contribution in [0.25, 0.3) is 0 Å². The van der Waals surface area contributed by atoms with Gasteiger partial charge in [-0.15, -0.1) is 0 Å². The maximum atomic E-state index is 15.3. The molecular weight excluding hydrogens is 534 g/mol. The first-order valence-electron chi connectivity index (χ1n) is 15.0. The number of nitrogens with zero attached hydrogens (tertiary/aromatic N) is 4. The van der Waals surface area contributed by atoms with Crippen molar-refractivity contribution in [2.24, 2.45) is 22.6 Å². The number of likely N-dealkylation sites (tertiary alicyclic amines) is 1. The molecule has 1 amide bonds. The molecule has 1 saturated heterocycles. The summed E-state index contributed by atoms with van der Waals surface area (Å²) < 4.78 is 59.6. The van der Waals surface area contributed by atoms with Crippen LogP contribution in [-0.4, -0.2) is 71.9 Å². The summed E-state index contributed by atoms with van der Waals surface area (Å²) in [5, 5.41) is 0. The molecule has 0 radical (unpaired) electrons. The molecule has 1 aromatic carbocycles. The average Bonchev–Trinajstić information content (AvgIpc) is 3.18. The van der Waals surface area contributed by atoms with Crippen molar-refractivity contribution in [1.29, 1.82) is 0 Å². The number of hydrogen-bond donors (Lipinski definition) is 1. The van der Waals surface area contributed by atoms with E-state index in [1.807, 2.05) is 32.7 Å². The Morgan fingerprint density at radius 2 is 1.83 bits per heavy atom. The number of alkyl halides is 3. The van der Waals surface area contributed by atoms with Crippen LogP contribution in [0.2, 0.25) is 0 Å². The maximum Gasteiger partial charge on any atom is 0.278 e. The molecule has 3 aliphatic heterocycles. The second kappa shape index (κ2) is 12.8. The van der Waals surface area contributed by atoms with Crippen LogP contribution in [0.4, 0.5) is 17.6 Å². The Kier molecular flexibility index (Phi) is 9.84. The monoisotopic (exact) mass is 579 g/mol. The molecule has 3 aliphatic rings. The van der Waals surface area contributed by atoms with Gasteiger partial charge in [0.1, 0.15) is 24.1 Å².